The summed E-state index contributed by atoms with van der Waals surface area (Å²) in [5, 5.41) is 1.18. The van der Waals surface area contributed by atoms with E-state index in [1.807, 2.05) is 6.07 Å². The molecule has 2 heterocycles. The fraction of sp³-hybridized carbons (Fsp3) is 0.300. The molecule has 2 nitrogen and oxygen atoms in total. The van der Waals surface area contributed by atoms with Crippen LogP contribution in [0.4, 0.5) is 0 Å². The normalized spacial score (nSPS) is 10.8. The van der Waals surface area contributed by atoms with Crippen LogP contribution in [-0.2, 0) is 6.42 Å². The Morgan fingerprint density at radius 3 is 3.00 bits per heavy atom. The third-order valence-electron chi connectivity index (χ3n) is 2.16. The molecule has 0 spiro atoms. The fourth-order valence-electron chi connectivity index (χ4n) is 1.47. The van der Waals surface area contributed by atoms with E-state index in [0.29, 0.717) is 0 Å². The highest BCUT2D eigenvalue weighted by Gasteiger charge is 2.06. The van der Waals surface area contributed by atoms with Crippen LogP contribution < -0.4 is 0 Å². The average Bonchev–Trinajstić information content (AvgIpc) is 2.44. The highest BCUT2D eigenvalue weighted by Crippen LogP contribution is 2.23. The van der Waals surface area contributed by atoms with Crippen molar-refractivity contribution >= 4 is 11.0 Å². The highest BCUT2D eigenvalue weighted by atomic mass is 16.3. The van der Waals surface area contributed by atoms with Crippen LogP contribution in [0, 0.1) is 6.92 Å². The average molecular weight is 161 g/mol. The molecule has 2 aromatic rings. The van der Waals surface area contributed by atoms with Crippen molar-refractivity contribution in [3.63, 3.8) is 0 Å². The first-order valence-corrected chi connectivity index (χ1v) is 4.15. The topological polar surface area (TPSA) is 26.0 Å². The molecular formula is C10H11NO. The standard InChI is InChI=1S/C10H11NO/c1-3-9-7(2)8-4-5-11-6-10(8)12-9/h4-6H,3H2,1-2H3. The minimum Gasteiger partial charge on any atom is -0.459 e. The van der Waals surface area contributed by atoms with E-state index in [2.05, 4.69) is 18.8 Å². The van der Waals surface area contributed by atoms with Crippen molar-refractivity contribution in [2.24, 2.45) is 0 Å². The summed E-state index contributed by atoms with van der Waals surface area (Å²) in [5.41, 5.74) is 2.14. The second-order valence-electron chi connectivity index (χ2n) is 2.88. The number of furan rings is 1. The maximum atomic E-state index is 5.59. The summed E-state index contributed by atoms with van der Waals surface area (Å²) in [6, 6.07) is 1.99. The lowest BCUT2D eigenvalue weighted by Gasteiger charge is -1.88. The van der Waals surface area contributed by atoms with Gasteiger partial charge in [-0.05, 0) is 18.6 Å². The van der Waals surface area contributed by atoms with Crippen molar-refractivity contribution in [2.75, 3.05) is 0 Å². The summed E-state index contributed by atoms with van der Waals surface area (Å²) in [4.78, 5) is 4.01. The lowest BCUT2D eigenvalue weighted by molar-refractivity contribution is 0.552. The molecule has 0 aliphatic rings. The van der Waals surface area contributed by atoms with Crippen molar-refractivity contribution < 1.29 is 4.42 Å². The third kappa shape index (κ3) is 0.916. The van der Waals surface area contributed by atoms with Crippen molar-refractivity contribution in [1.82, 2.24) is 4.98 Å². The van der Waals surface area contributed by atoms with Gasteiger partial charge in [0, 0.05) is 18.0 Å². The van der Waals surface area contributed by atoms with Gasteiger partial charge < -0.3 is 4.42 Å². The van der Waals surface area contributed by atoms with Crippen molar-refractivity contribution in [1.29, 1.82) is 0 Å². The van der Waals surface area contributed by atoms with E-state index in [-0.39, 0.29) is 0 Å². The fourth-order valence-corrected chi connectivity index (χ4v) is 1.47. The highest BCUT2D eigenvalue weighted by molar-refractivity contribution is 5.80. The lowest BCUT2D eigenvalue weighted by atomic mass is 10.1. The molecule has 0 aromatic carbocycles. The van der Waals surface area contributed by atoms with Gasteiger partial charge in [0.05, 0.1) is 6.20 Å². The van der Waals surface area contributed by atoms with Crippen molar-refractivity contribution in [3.8, 4) is 0 Å². The second kappa shape index (κ2) is 2.63. The zero-order valence-electron chi connectivity index (χ0n) is 7.29. The quantitative estimate of drug-likeness (QED) is 0.642. The van der Waals surface area contributed by atoms with Gasteiger partial charge in [-0.1, -0.05) is 6.92 Å². The molecule has 12 heavy (non-hydrogen) atoms. The van der Waals surface area contributed by atoms with Gasteiger partial charge in [-0.3, -0.25) is 4.98 Å². The predicted octanol–water partition coefficient (Wildman–Crippen LogP) is 2.70. The molecule has 0 saturated heterocycles. The summed E-state index contributed by atoms with van der Waals surface area (Å²) in [6.07, 6.45) is 4.51. The van der Waals surface area contributed by atoms with Crippen molar-refractivity contribution in [2.45, 2.75) is 20.3 Å². The smallest absolute Gasteiger partial charge is 0.152 e. The molecule has 2 aromatic heterocycles. The first-order chi connectivity index (χ1) is 5.83. The minimum absolute atomic E-state index is 0.895. The maximum absolute atomic E-state index is 5.59. The molecule has 2 heteroatoms. The van der Waals surface area contributed by atoms with E-state index in [0.717, 1.165) is 17.8 Å². The number of fused-ring (bicyclic) bond motifs is 1. The maximum Gasteiger partial charge on any atom is 0.152 e. The number of pyridine rings is 1. The van der Waals surface area contributed by atoms with Gasteiger partial charge in [0.15, 0.2) is 5.58 Å². The summed E-state index contributed by atoms with van der Waals surface area (Å²) in [6.45, 7) is 4.18. The SMILES string of the molecule is CCc1oc2cnccc2c1C. The summed E-state index contributed by atoms with van der Waals surface area (Å²) in [7, 11) is 0. The van der Waals surface area contributed by atoms with Gasteiger partial charge in [-0.2, -0.15) is 0 Å². The number of aryl methyl sites for hydroxylation is 2. The molecule has 0 atom stereocenters. The van der Waals surface area contributed by atoms with Crippen molar-refractivity contribution in [3.05, 3.63) is 29.8 Å². The summed E-state index contributed by atoms with van der Waals surface area (Å²) < 4.78 is 5.59. The number of hydrogen-bond donors (Lipinski definition) is 0. The van der Waals surface area contributed by atoms with E-state index in [1.54, 1.807) is 12.4 Å². The first kappa shape index (κ1) is 7.35. The zero-order chi connectivity index (χ0) is 8.55. The Kier molecular flexibility index (Phi) is 1.61. The summed E-state index contributed by atoms with van der Waals surface area (Å²) in [5.74, 6) is 1.07. The van der Waals surface area contributed by atoms with Crippen LogP contribution in [-0.4, -0.2) is 4.98 Å². The Balaban J connectivity index is 2.78. The first-order valence-electron chi connectivity index (χ1n) is 4.15. The molecule has 0 unspecified atom stereocenters. The van der Waals surface area contributed by atoms with E-state index in [4.69, 9.17) is 4.42 Å². The molecule has 62 valence electrons. The van der Waals surface area contributed by atoms with Crippen LogP contribution in [0.1, 0.15) is 18.2 Å². The van der Waals surface area contributed by atoms with Crippen LogP contribution in [0.15, 0.2) is 22.9 Å². The third-order valence-corrected chi connectivity index (χ3v) is 2.16. The number of aromatic nitrogens is 1. The molecule has 0 saturated carbocycles. The molecule has 0 aliphatic heterocycles. The minimum atomic E-state index is 0.895. The molecule has 0 amide bonds. The summed E-state index contributed by atoms with van der Waals surface area (Å²) >= 11 is 0. The van der Waals surface area contributed by atoms with Crippen LogP contribution in [0.3, 0.4) is 0 Å². The molecule has 0 fully saturated rings. The second-order valence-corrected chi connectivity index (χ2v) is 2.88. The van der Waals surface area contributed by atoms with Gasteiger partial charge in [0.25, 0.3) is 0 Å². The largest absolute Gasteiger partial charge is 0.459 e. The monoisotopic (exact) mass is 161 g/mol. The van der Waals surface area contributed by atoms with E-state index in [1.165, 1.54) is 10.9 Å². The Hall–Kier alpha value is -1.31. The number of rotatable bonds is 1. The molecule has 0 bridgehead atoms. The Bertz CT molecular complexity index is 403. The molecule has 0 radical (unpaired) electrons. The zero-order valence-corrected chi connectivity index (χ0v) is 7.29. The van der Waals surface area contributed by atoms with E-state index in [9.17, 15) is 0 Å². The molecule has 0 aliphatic carbocycles. The molecular weight excluding hydrogens is 150 g/mol. The lowest BCUT2D eigenvalue weighted by Crippen LogP contribution is -1.76. The van der Waals surface area contributed by atoms with E-state index < -0.39 is 0 Å². The predicted molar refractivity (Wildman–Crippen MR) is 48.1 cm³/mol. The van der Waals surface area contributed by atoms with Crippen LogP contribution in [0.2, 0.25) is 0 Å². The van der Waals surface area contributed by atoms with Crippen LogP contribution >= 0.6 is 0 Å². The Morgan fingerprint density at radius 1 is 1.50 bits per heavy atom. The van der Waals surface area contributed by atoms with E-state index >= 15 is 0 Å². The Morgan fingerprint density at radius 2 is 2.33 bits per heavy atom. The van der Waals surface area contributed by atoms with Gasteiger partial charge in [-0.15, -0.1) is 0 Å². The molecule has 0 N–H and O–H groups in total. The van der Waals surface area contributed by atoms with Gasteiger partial charge in [-0.25, -0.2) is 0 Å². The van der Waals surface area contributed by atoms with Gasteiger partial charge in [0.2, 0.25) is 0 Å². The molecule has 2 rings (SSSR count). The van der Waals surface area contributed by atoms with Gasteiger partial charge >= 0.3 is 0 Å². The number of hydrogen-bond acceptors (Lipinski definition) is 2. The Labute approximate surface area is 71.2 Å². The van der Waals surface area contributed by atoms with Crippen LogP contribution in [0.5, 0.6) is 0 Å². The number of nitrogens with zero attached hydrogens (tertiary/aromatic N) is 1. The van der Waals surface area contributed by atoms with Gasteiger partial charge in [0.1, 0.15) is 5.76 Å². The van der Waals surface area contributed by atoms with Crippen LogP contribution in [0.25, 0.3) is 11.0 Å².